The Balaban J connectivity index is 2.10. The molecule has 2 rings (SSSR count). The first-order valence-corrected chi connectivity index (χ1v) is 7.83. The Kier molecular flexibility index (Phi) is 4.14. The van der Waals surface area contributed by atoms with Gasteiger partial charge in [-0.05, 0) is 35.9 Å². The topological polar surface area (TPSA) is 76.1 Å². The number of carbonyl (C=O) groups excluding carboxylic acids is 1. The van der Waals surface area contributed by atoms with Crippen LogP contribution in [-0.2, 0) is 16.4 Å². The van der Waals surface area contributed by atoms with E-state index in [4.69, 9.17) is 0 Å². The monoisotopic (exact) mass is 290 g/mol. The number of amides is 1. The Bertz CT molecular complexity index is 712. The van der Waals surface area contributed by atoms with E-state index in [0.29, 0.717) is 12.1 Å². The van der Waals surface area contributed by atoms with Crippen LogP contribution in [0.15, 0.2) is 53.7 Å². The molecule has 0 fully saturated rings. The lowest BCUT2D eigenvalue weighted by Gasteiger charge is -2.06. The van der Waals surface area contributed by atoms with Crippen LogP contribution in [0.25, 0.3) is 0 Å². The van der Waals surface area contributed by atoms with Crippen molar-refractivity contribution in [3.8, 4) is 0 Å². The zero-order chi connectivity index (χ0) is 14.6. The van der Waals surface area contributed by atoms with Crippen molar-refractivity contribution in [3.05, 3.63) is 59.9 Å². The van der Waals surface area contributed by atoms with Gasteiger partial charge in [-0.1, -0.05) is 6.07 Å². The molecule has 0 spiro atoms. The van der Waals surface area contributed by atoms with Crippen molar-refractivity contribution in [3.63, 3.8) is 0 Å². The molecule has 2 aromatic rings. The van der Waals surface area contributed by atoms with E-state index >= 15 is 0 Å². The summed E-state index contributed by atoms with van der Waals surface area (Å²) in [4.78, 5) is 16.0. The van der Waals surface area contributed by atoms with Gasteiger partial charge in [0.1, 0.15) is 0 Å². The minimum absolute atomic E-state index is 0.133. The van der Waals surface area contributed by atoms with Crippen molar-refractivity contribution >= 4 is 15.7 Å². The lowest BCUT2D eigenvalue weighted by atomic mass is 10.2. The summed E-state index contributed by atoms with van der Waals surface area (Å²) in [5.74, 6) is -0.313. The number of rotatable bonds is 4. The number of nitrogens with zero attached hydrogens (tertiary/aromatic N) is 1. The molecule has 0 aliphatic rings. The fourth-order valence-electron chi connectivity index (χ4n) is 1.65. The van der Waals surface area contributed by atoms with Crippen LogP contribution in [0.3, 0.4) is 0 Å². The molecule has 0 saturated heterocycles. The van der Waals surface area contributed by atoms with Gasteiger partial charge >= 0.3 is 0 Å². The zero-order valence-corrected chi connectivity index (χ0v) is 11.7. The summed E-state index contributed by atoms with van der Waals surface area (Å²) in [6.07, 6.45) is 4.40. The van der Waals surface area contributed by atoms with Gasteiger partial charge in [0.25, 0.3) is 5.91 Å². The Morgan fingerprint density at radius 1 is 1.20 bits per heavy atom. The van der Waals surface area contributed by atoms with Crippen LogP contribution >= 0.6 is 0 Å². The Labute approximate surface area is 117 Å². The first-order chi connectivity index (χ1) is 9.47. The van der Waals surface area contributed by atoms with E-state index in [1.165, 1.54) is 12.1 Å². The van der Waals surface area contributed by atoms with Crippen molar-refractivity contribution < 1.29 is 13.2 Å². The molecule has 0 aliphatic heterocycles. The SMILES string of the molecule is CS(=O)(=O)c1cccc(C(=O)NCc2ccncc2)c1. The van der Waals surface area contributed by atoms with E-state index in [-0.39, 0.29) is 10.8 Å². The lowest BCUT2D eigenvalue weighted by Crippen LogP contribution is -2.23. The molecule has 1 amide bonds. The highest BCUT2D eigenvalue weighted by Crippen LogP contribution is 2.11. The second-order valence-corrected chi connectivity index (χ2v) is 6.35. The average Bonchev–Trinajstić information content (AvgIpc) is 2.45. The summed E-state index contributed by atoms with van der Waals surface area (Å²) < 4.78 is 22.9. The van der Waals surface area contributed by atoms with Crippen molar-refractivity contribution in [1.29, 1.82) is 0 Å². The van der Waals surface area contributed by atoms with Gasteiger partial charge < -0.3 is 5.32 Å². The van der Waals surface area contributed by atoms with Crippen LogP contribution < -0.4 is 5.32 Å². The van der Waals surface area contributed by atoms with E-state index < -0.39 is 9.84 Å². The molecule has 1 aromatic heterocycles. The number of hydrogen-bond acceptors (Lipinski definition) is 4. The van der Waals surface area contributed by atoms with E-state index in [1.807, 2.05) is 0 Å². The molecule has 0 unspecified atom stereocenters. The molecule has 0 aliphatic carbocycles. The summed E-state index contributed by atoms with van der Waals surface area (Å²) in [6, 6.07) is 9.57. The van der Waals surface area contributed by atoms with E-state index in [9.17, 15) is 13.2 Å². The van der Waals surface area contributed by atoms with Crippen molar-refractivity contribution in [2.45, 2.75) is 11.4 Å². The molecular formula is C14H14N2O3S. The van der Waals surface area contributed by atoms with Crippen molar-refractivity contribution in [1.82, 2.24) is 10.3 Å². The second-order valence-electron chi connectivity index (χ2n) is 4.34. The van der Waals surface area contributed by atoms with Crippen LogP contribution in [0.1, 0.15) is 15.9 Å². The van der Waals surface area contributed by atoms with Gasteiger partial charge in [0.15, 0.2) is 9.84 Å². The van der Waals surface area contributed by atoms with E-state index in [0.717, 1.165) is 11.8 Å². The standard InChI is InChI=1S/C14H14N2O3S/c1-20(18,19)13-4-2-3-12(9-13)14(17)16-10-11-5-7-15-8-6-11/h2-9H,10H2,1H3,(H,16,17). The molecule has 1 aromatic carbocycles. The van der Waals surface area contributed by atoms with E-state index in [1.54, 1.807) is 36.7 Å². The van der Waals surface area contributed by atoms with Gasteiger partial charge in [0.2, 0.25) is 0 Å². The summed E-state index contributed by atoms with van der Waals surface area (Å²) in [5, 5.41) is 2.73. The number of benzene rings is 1. The quantitative estimate of drug-likeness (QED) is 0.924. The highest BCUT2D eigenvalue weighted by atomic mass is 32.2. The molecule has 6 heteroatoms. The van der Waals surface area contributed by atoms with Crippen molar-refractivity contribution in [2.75, 3.05) is 6.26 Å². The van der Waals surface area contributed by atoms with Gasteiger partial charge in [0.05, 0.1) is 4.90 Å². The maximum absolute atomic E-state index is 12.0. The molecule has 0 radical (unpaired) electrons. The molecule has 0 atom stereocenters. The van der Waals surface area contributed by atoms with Crippen LogP contribution in [0.4, 0.5) is 0 Å². The molecule has 0 saturated carbocycles. The smallest absolute Gasteiger partial charge is 0.251 e. The van der Waals surface area contributed by atoms with Crippen LogP contribution in [0.5, 0.6) is 0 Å². The third kappa shape index (κ3) is 3.64. The predicted molar refractivity (Wildman–Crippen MR) is 75.0 cm³/mol. The maximum atomic E-state index is 12.0. The van der Waals surface area contributed by atoms with Crippen LogP contribution in [0, 0.1) is 0 Å². The van der Waals surface area contributed by atoms with E-state index in [2.05, 4.69) is 10.3 Å². The minimum Gasteiger partial charge on any atom is -0.348 e. The number of sulfone groups is 1. The van der Waals surface area contributed by atoms with Gasteiger partial charge in [0, 0.05) is 30.8 Å². The van der Waals surface area contributed by atoms with Crippen LogP contribution in [-0.4, -0.2) is 25.6 Å². The summed E-state index contributed by atoms with van der Waals surface area (Å²) in [6.45, 7) is 0.366. The minimum atomic E-state index is -3.31. The number of aromatic nitrogens is 1. The Hall–Kier alpha value is -2.21. The number of hydrogen-bond donors (Lipinski definition) is 1. The number of carbonyl (C=O) groups is 1. The largest absolute Gasteiger partial charge is 0.348 e. The van der Waals surface area contributed by atoms with Gasteiger partial charge in [-0.25, -0.2) is 8.42 Å². The molecule has 5 nitrogen and oxygen atoms in total. The number of pyridine rings is 1. The van der Waals surface area contributed by atoms with Gasteiger partial charge in [-0.15, -0.1) is 0 Å². The summed E-state index contributed by atoms with van der Waals surface area (Å²) in [5.41, 5.74) is 1.24. The lowest BCUT2D eigenvalue weighted by molar-refractivity contribution is 0.0950. The molecule has 20 heavy (non-hydrogen) atoms. The number of nitrogens with one attached hydrogen (secondary N) is 1. The summed E-state index contributed by atoms with van der Waals surface area (Å²) in [7, 11) is -3.31. The Morgan fingerprint density at radius 2 is 1.90 bits per heavy atom. The average molecular weight is 290 g/mol. The maximum Gasteiger partial charge on any atom is 0.251 e. The third-order valence-electron chi connectivity index (χ3n) is 2.73. The highest BCUT2D eigenvalue weighted by Gasteiger charge is 2.11. The predicted octanol–water partition coefficient (Wildman–Crippen LogP) is 1.42. The second kappa shape index (κ2) is 5.83. The first-order valence-electron chi connectivity index (χ1n) is 5.94. The fraction of sp³-hybridized carbons (Fsp3) is 0.143. The zero-order valence-electron chi connectivity index (χ0n) is 10.9. The fourth-order valence-corrected chi connectivity index (χ4v) is 2.32. The normalized spacial score (nSPS) is 11.1. The molecular weight excluding hydrogens is 276 g/mol. The molecule has 1 N–H and O–H groups in total. The first kappa shape index (κ1) is 14.2. The third-order valence-corrected chi connectivity index (χ3v) is 3.84. The molecule has 0 bridgehead atoms. The highest BCUT2D eigenvalue weighted by molar-refractivity contribution is 7.90. The van der Waals surface area contributed by atoms with Crippen molar-refractivity contribution in [2.24, 2.45) is 0 Å². The summed E-state index contributed by atoms with van der Waals surface area (Å²) >= 11 is 0. The molecule has 1 heterocycles. The van der Waals surface area contributed by atoms with Gasteiger partial charge in [-0.3, -0.25) is 9.78 Å². The molecule has 104 valence electrons. The van der Waals surface area contributed by atoms with Crippen LogP contribution in [0.2, 0.25) is 0 Å². The van der Waals surface area contributed by atoms with Gasteiger partial charge in [-0.2, -0.15) is 0 Å². The Morgan fingerprint density at radius 3 is 2.55 bits per heavy atom.